The molecular formula is C11H11BrFN3OS. The third-order valence-corrected chi connectivity index (χ3v) is 4.62. The number of aromatic nitrogens is 2. The fourth-order valence-electron chi connectivity index (χ4n) is 2.17. The van der Waals surface area contributed by atoms with Crippen LogP contribution in [0.25, 0.3) is 10.2 Å². The predicted molar refractivity (Wildman–Crippen MR) is 72.7 cm³/mol. The minimum absolute atomic E-state index is 0.123. The van der Waals surface area contributed by atoms with Gasteiger partial charge in [-0.1, -0.05) is 0 Å². The number of aromatic amines is 1. The molecule has 1 atom stereocenters. The lowest BCUT2D eigenvalue weighted by Crippen LogP contribution is -2.23. The summed E-state index contributed by atoms with van der Waals surface area (Å²) in [7, 11) is 0. The molecule has 2 aromatic rings. The van der Waals surface area contributed by atoms with E-state index in [0.717, 1.165) is 10.3 Å². The van der Waals surface area contributed by atoms with Crippen LogP contribution < -0.4 is 5.56 Å². The Morgan fingerprint density at radius 1 is 1.67 bits per heavy atom. The molecule has 1 saturated heterocycles. The average Bonchev–Trinajstić information content (AvgIpc) is 2.85. The Kier molecular flexibility index (Phi) is 3.21. The Morgan fingerprint density at radius 3 is 3.22 bits per heavy atom. The molecule has 0 radical (unpaired) electrons. The van der Waals surface area contributed by atoms with Crippen LogP contribution in [-0.2, 0) is 6.54 Å². The van der Waals surface area contributed by atoms with Crippen molar-refractivity contribution in [3.05, 3.63) is 26.0 Å². The second-order valence-corrected chi connectivity index (χ2v) is 6.83. The molecule has 0 saturated carbocycles. The van der Waals surface area contributed by atoms with Crippen LogP contribution in [0.5, 0.6) is 0 Å². The van der Waals surface area contributed by atoms with Crippen molar-refractivity contribution in [1.29, 1.82) is 0 Å². The first kappa shape index (κ1) is 12.3. The van der Waals surface area contributed by atoms with Crippen molar-refractivity contribution in [2.75, 3.05) is 13.1 Å². The first-order valence-electron chi connectivity index (χ1n) is 5.66. The molecular weight excluding hydrogens is 321 g/mol. The van der Waals surface area contributed by atoms with E-state index < -0.39 is 6.17 Å². The van der Waals surface area contributed by atoms with Crippen LogP contribution in [-0.4, -0.2) is 34.1 Å². The largest absolute Gasteiger partial charge is 0.308 e. The summed E-state index contributed by atoms with van der Waals surface area (Å²) in [6.07, 6.45) is -0.188. The molecule has 18 heavy (non-hydrogen) atoms. The monoisotopic (exact) mass is 331 g/mol. The van der Waals surface area contributed by atoms with Gasteiger partial charge in [-0.25, -0.2) is 9.37 Å². The quantitative estimate of drug-likeness (QED) is 0.918. The maximum absolute atomic E-state index is 13.1. The number of hydrogen-bond donors (Lipinski definition) is 1. The number of rotatable bonds is 2. The summed E-state index contributed by atoms with van der Waals surface area (Å²) in [5.41, 5.74) is 0.573. The Balaban J connectivity index is 1.90. The third-order valence-electron chi connectivity index (χ3n) is 2.99. The maximum atomic E-state index is 13.1. The number of nitrogens with one attached hydrogen (secondary N) is 1. The van der Waals surface area contributed by atoms with Crippen molar-refractivity contribution in [2.24, 2.45) is 0 Å². The summed E-state index contributed by atoms with van der Waals surface area (Å²) in [6, 6.07) is 1.83. The summed E-state index contributed by atoms with van der Waals surface area (Å²) in [6.45, 7) is 1.64. The first-order chi connectivity index (χ1) is 8.61. The SMILES string of the molecule is O=c1[nH]c(CN2CC[C@H](F)C2)nc2cc(Br)sc12. The second-order valence-electron chi connectivity index (χ2n) is 4.40. The number of H-pyrrole nitrogens is 1. The number of likely N-dealkylation sites (tertiary alicyclic amines) is 1. The molecule has 0 unspecified atom stereocenters. The Morgan fingerprint density at radius 2 is 2.50 bits per heavy atom. The van der Waals surface area contributed by atoms with Gasteiger partial charge in [-0.3, -0.25) is 9.69 Å². The highest BCUT2D eigenvalue weighted by atomic mass is 79.9. The first-order valence-corrected chi connectivity index (χ1v) is 7.27. The summed E-state index contributed by atoms with van der Waals surface area (Å²) in [5.74, 6) is 0.604. The van der Waals surface area contributed by atoms with E-state index in [0.29, 0.717) is 35.6 Å². The molecule has 1 fully saturated rings. The molecule has 1 aliphatic rings. The van der Waals surface area contributed by atoms with E-state index in [1.54, 1.807) is 0 Å². The number of fused-ring (bicyclic) bond motifs is 1. The van der Waals surface area contributed by atoms with Crippen LogP contribution in [0.15, 0.2) is 14.6 Å². The van der Waals surface area contributed by atoms with E-state index in [1.165, 1.54) is 11.3 Å². The number of nitrogens with zero attached hydrogens (tertiary/aromatic N) is 2. The molecule has 3 rings (SSSR count). The molecule has 0 aliphatic carbocycles. The van der Waals surface area contributed by atoms with Crippen molar-refractivity contribution < 1.29 is 4.39 Å². The van der Waals surface area contributed by atoms with Gasteiger partial charge >= 0.3 is 0 Å². The molecule has 1 aliphatic heterocycles. The molecule has 7 heteroatoms. The highest BCUT2D eigenvalue weighted by molar-refractivity contribution is 9.11. The topological polar surface area (TPSA) is 49.0 Å². The van der Waals surface area contributed by atoms with E-state index in [4.69, 9.17) is 0 Å². The number of alkyl halides is 1. The van der Waals surface area contributed by atoms with E-state index in [-0.39, 0.29) is 5.56 Å². The van der Waals surface area contributed by atoms with Crippen LogP contribution in [0.3, 0.4) is 0 Å². The smallest absolute Gasteiger partial charge is 0.268 e. The van der Waals surface area contributed by atoms with Crippen LogP contribution in [0, 0.1) is 0 Å². The molecule has 0 bridgehead atoms. The maximum Gasteiger partial charge on any atom is 0.268 e. The van der Waals surface area contributed by atoms with E-state index in [2.05, 4.69) is 25.9 Å². The Bertz CT molecular complexity index is 641. The fourth-order valence-corrected chi connectivity index (χ4v) is 3.60. The van der Waals surface area contributed by atoms with Gasteiger partial charge in [0.05, 0.1) is 15.8 Å². The number of hydrogen-bond acceptors (Lipinski definition) is 4. The van der Waals surface area contributed by atoms with E-state index >= 15 is 0 Å². The van der Waals surface area contributed by atoms with E-state index in [1.807, 2.05) is 11.0 Å². The summed E-state index contributed by atoms with van der Waals surface area (Å²) in [5, 5.41) is 0. The van der Waals surface area contributed by atoms with Gasteiger partial charge in [0.15, 0.2) is 0 Å². The van der Waals surface area contributed by atoms with Crippen molar-refractivity contribution >= 4 is 37.5 Å². The van der Waals surface area contributed by atoms with Crippen molar-refractivity contribution in [2.45, 2.75) is 19.1 Å². The van der Waals surface area contributed by atoms with Gasteiger partial charge in [0.25, 0.3) is 5.56 Å². The standard InChI is InChI=1S/C11H11BrFN3OS/c12-8-3-7-10(18-8)11(17)15-9(14-7)5-16-2-1-6(13)4-16/h3,6H,1-2,4-5H2,(H,14,15,17)/t6-/m0/s1. The molecule has 0 aromatic carbocycles. The summed E-state index contributed by atoms with van der Waals surface area (Å²) in [4.78, 5) is 21.0. The molecule has 0 amide bonds. The number of halogens is 2. The van der Waals surface area contributed by atoms with Crippen LogP contribution in [0.1, 0.15) is 12.2 Å². The number of thiophene rings is 1. The van der Waals surface area contributed by atoms with Gasteiger partial charge < -0.3 is 4.98 Å². The third kappa shape index (κ3) is 2.34. The van der Waals surface area contributed by atoms with Gasteiger partial charge in [0.2, 0.25) is 0 Å². The highest BCUT2D eigenvalue weighted by Gasteiger charge is 2.22. The van der Waals surface area contributed by atoms with Gasteiger partial charge in [0, 0.05) is 13.1 Å². The minimum atomic E-state index is -0.754. The summed E-state index contributed by atoms with van der Waals surface area (Å²) >= 11 is 4.71. The molecule has 3 heterocycles. The zero-order valence-electron chi connectivity index (χ0n) is 9.45. The average molecular weight is 332 g/mol. The van der Waals surface area contributed by atoms with Crippen molar-refractivity contribution in [1.82, 2.24) is 14.9 Å². The zero-order chi connectivity index (χ0) is 12.7. The van der Waals surface area contributed by atoms with Crippen molar-refractivity contribution in [3.8, 4) is 0 Å². The van der Waals surface area contributed by atoms with Gasteiger partial charge in [-0.2, -0.15) is 0 Å². The lowest BCUT2D eigenvalue weighted by Gasteiger charge is -2.13. The zero-order valence-corrected chi connectivity index (χ0v) is 11.9. The second kappa shape index (κ2) is 4.71. The minimum Gasteiger partial charge on any atom is -0.308 e. The van der Waals surface area contributed by atoms with Crippen molar-refractivity contribution in [3.63, 3.8) is 0 Å². The summed E-state index contributed by atoms with van der Waals surface area (Å²) < 4.78 is 14.6. The van der Waals surface area contributed by atoms with Gasteiger partial charge in [-0.05, 0) is 28.4 Å². The normalized spacial score (nSPS) is 20.9. The van der Waals surface area contributed by atoms with E-state index in [9.17, 15) is 9.18 Å². The van der Waals surface area contributed by atoms with Crippen LogP contribution in [0.4, 0.5) is 4.39 Å². The fraction of sp³-hybridized carbons (Fsp3) is 0.455. The molecule has 4 nitrogen and oxygen atoms in total. The Hall–Kier alpha value is -0.790. The Labute approximate surface area is 115 Å². The highest BCUT2D eigenvalue weighted by Crippen LogP contribution is 2.25. The van der Waals surface area contributed by atoms with Crippen LogP contribution in [0.2, 0.25) is 0 Å². The van der Waals surface area contributed by atoms with Gasteiger partial charge in [-0.15, -0.1) is 11.3 Å². The molecule has 1 N–H and O–H groups in total. The lowest BCUT2D eigenvalue weighted by molar-refractivity contribution is 0.277. The molecule has 2 aromatic heterocycles. The molecule has 96 valence electrons. The predicted octanol–water partition coefficient (Wildman–Crippen LogP) is 2.29. The van der Waals surface area contributed by atoms with Gasteiger partial charge in [0.1, 0.15) is 16.7 Å². The lowest BCUT2D eigenvalue weighted by atomic mass is 10.3. The van der Waals surface area contributed by atoms with Crippen LogP contribution >= 0.6 is 27.3 Å². The molecule has 0 spiro atoms.